The van der Waals surface area contributed by atoms with Gasteiger partial charge in [0.15, 0.2) is 5.57 Å². The van der Waals surface area contributed by atoms with Gasteiger partial charge in [0.05, 0.1) is 16.6 Å². The van der Waals surface area contributed by atoms with E-state index in [0.29, 0.717) is 5.70 Å². The number of ether oxygens (including phenoxy) is 1. The maximum Gasteiger partial charge on any atom is 0.351 e. The number of nitrogens with zero attached hydrogens (tertiary/aromatic N) is 2. The molecule has 1 atom stereocenters. The van der Waals surface area contributed by atoms with Gasteiger partial charge in [-0.1, -0.05) is 12.7 Å². The minimum atomic E-state index is -0.688. The van der Waals surface area contributed by atoms with E-state index in [9.17, 15) is 10.1 Å². The summed E-state index contributed by atoms with van der Waals surface area (Å²) in [6.07, 6.45) is 3.17. The lowest BCUT2D eigenvalue weighted by Crippen LogP contribution is -2.21. The fourth-order valence-corrected chi connectivity index (χ4v) is 4.09. The average Bonchev–Trinajstić information content (AvgIpc) is 3.24. The van der Waals surface area contributed by atoms with Gasteiger partial charge in [-0.3, -0.25) is 0 Å². The number of halogens is 1. The van der Waals surface area contributed by atoms with E-state index in [4.69, 9.17) is 4.74 Å². The Bertz CT molecular complexity index is 791. The Labute approximate surface area is 156 Å². The third kappa shape index (κ3) is 4.32. The van der Waals surface area contributed by atoms with E-state index in [-0.39, 0.29) is 18.2 Å². The largest absolute Gasteiger partial charge is 0.457 e. The molecule has 0 aromatic carbocycles. The number of rotatable bonds is 7. The Morgan fingerprint density at radius 1 is 1.58 bits per heavy atom. The molecule has 0 bridgehead atoms. The molecule has 0 saturated carbocycles. The van der Waals surface area contributed by atoms with E-state index in [1.54, 1.807) is 6.20 Å². The van der Waals surface area contributed by atoms with Crippen LogP contribution in [0.3, 0.4) is 0 Å². The van der Waals surface area contributed by atoms with Gasteiger partial charge in [-0.25, -0.2) is 9.78 Å². The molecule has 0 aliphatic heterocycles. The van der Waals surface area contributed by atoms with Crippen LogP contribution in [0.4, 0.5) is 0 Å². The predicted molar refractivity (Wildman–Crippen MR) is 99.4 cm³/mol. The van der Waals surface area contributed by atoms with Gasteiger partial charge in [-0.15, -0.1) is 22.7 Å². The Morgan fingerprint density at radius 3 is 2.92 bits per heavy atom. The summed E-state index contributed by atoms with van der Waals surface area (Å²) < 4.78 is 5.83. The van der Waals surface area contributed by atoms with Crippen LogP contribution in [0, 0.1) is 11.3 Å². The Morgan fingerprint density at radius 2 is 2.38 bits per heavy atom. The second kappa shape index (κ2) is 8.78. The van der Waals surface area contributed by atoms with E-state index in [2.05, 4.69) is 32.8 Å². The number of hydrogen-bond acceptors (Lipinski definition) is 7. The van der Waals surface area contributed by atoms with Gasteiger partial charge in [0, 0.05) is 16.0 Å². The minimum absolute atomic E-state index is 0.0466. The molecule has 1 unspecified atom stereocenters. The Hall–Kier alpha value is -1.95. The van der Waals surface area contributed by atoms with Crippen LogP contribution in [0.1, 0.15) is 22.9 Å². The topological polar surface area (TPSA) is 75.0 Å². The van der Waals surface area contributed by atoms with Crippen molar-refractivity contribution in [3.63, 3.8) is 0 Å². The fourth-order valence-electron chi connectivity index (χ4n) is 1.86. The molecular formula is C16H14BrN3O2S2. The van der Waals surface area contributed by atoms with Crippen LogP contribution in [0.25, 0.3) is 5.70 Å². The van der Waals surface area contributed by atoms with Crippen molar-refractivity contribution in [3.05, 3.63) is 55.6 Å². The highest BCUT2D eigenvalue weighted by molar-refractivity contribution is 9.10. The van der Waals surface area contributed by atoms with Crippen molar-refractivity contribution < 1.29 is 9.53 Å². The van der Waals surface area contributed by atoms with Gasteiger partial charge in [0.25, 0.3) is 0 Å². The number of carbonyl (C=O) groups excluding carboxylic acids is 1. The van der Waals surface area contributed by atoms with Crippen molar-refractivity contribution in [1.29, 1.82) is 5.26 Å². The second-order valence-corrected chi connectivity index (χ2v) is 7.28. The summed E-state index contributed by atoms with van der Waals surface area (Å²) in [4.78, 5) is 17.3. The molecule has 0 radical (unpaired) electrons. The Kier molecular flexibility index (Phi) is 6.73. The average molecular weight is 424 g/mol. The maximum atomic E-state index is 12.2. The molecule has 0 aliphatic rings. The van der Waals surface area contributed by atoms with E-state index >= 15 is 0 Å². The molecule has 5 nitrogen and oxygen atoms in total. The number of hydrogen-bond donors (Lipinski definition) is 1. The smallest absolute Gasteiger partial charge is 0.351 e. The van der Waals surface area contributed by atoms with Crippen LogP contribution in [-0.4, -0.2) is 17.6 Å². The summed E-state index contributed by atoms with van der Waals surface area (Å²) >= 11 is 6.37. The fraction of sp³-hybridized carbons (Fsp3) is 0.188. The molecule has 2 rings (SSSR count). The van der Waals surface area contributed by atoms with E-state index in [1.807, 2.05) is 29.8 Å². The van der Waals surface area contributed by atoms with Gasteiger partial charge >= 0.3 is 5.97 Å². The van der Waals surface area contributed by atoms with Crippen LogP contribution in [0.5, 0.6) is 0 Å². The lowest BCUT2D eigenvalue weighted by Gasteiger charge is -2.17. The molecule has 8 heteroatoms. The maximum absolute atomic E-state index is 12.2. The van der Waals surface area contributed by atoms with Crippen molar-refractivity contribution in [2.45, 2.75) is 13.0 Å². The van der Waals surface area contributed by atoms with E-state index < -0.39 is 5.97 Å². The first kappa shape index (κ1) is 18.4. The molecule has 2 heterocycles. The molecule has 1 N–H and O–H groups in total. The third-order valence-electron chi connectivity index (χ3n) is 2.93. The van der Waals surface area contributed by atoms with Crippen LogP contribution in [0.15, 0.2) is 45.7 Å². The van der Waals surface area contributed by atoms with Gasteiger partial charge < -0.3 is 10.1 Å². The Balaban J connectivity index is 2.43. The molecular weight excluding hydrogens is 410 g/mol. The molecule has 0 spiro atoms. The first-order chi connectivity index (χ1) is 11.6. The quantitative estimate of drug-likeness (QED) is 0.311. The summed E-state index contributed by atoms with van der Waals surface area (Å²) in [5.41, 5.74) is 0.347. The lowest BCUT2D eigenvalue weighted by molar-refractivity contribution is -0.137. The zero-order valence-electron chi connectivity index (χ0n) is 12.8. The molecule has 24 heavy (non-hydrogen) atoms. The predicted octanol–water partition coefficient (Wildman–Crippen LogP) is 4.28. The van der Waals surface area contributed by atoms with E-state index in [1.165, 1.54) is 28.7 Å². The van der Waals surface area contributed by atoms with Crippen LogP contribution < -0.4 is 5.32 Å². The van der Waals surface area contributed by atoms with Crippen molar-refractivity contribution in [2.24, 2.45) is 0 Å². The normalized spacial score (nSPS) is 12.7. The van der Waals surface area contributed by atoms with E-state index in [0.717, 1.165) is 14.4 Å². The highest BCUT2D eigenvalue weighted by Crippen LogP contribution is 2.32. The summed E-state index contributed by atoms with van der Waals surface area (Å²) in [6, 6.07) is 3.65. The molecule has 2 aromatic heterocycles. The number of aromatic nitrogens is 1. The van der Waals surface area contributed by atoms with Crippen LogP contribution in [-0.2, 0) is 9.53 Å². The summed E-state index contributed by atoms with van der Waals surface area (Å²) in [7, 11) is 0. The standard InChI is InChI=1S/C16H14BrN3O2S2/c1-3-6-22-16(21)11(9-18)13(14-12(17)4-7-23-14)20-10(2)15-19-5-8-24-15/h3-5,7-8,10,20H,1,6H2,2H3/b13-11-. The van der Waals surface area contributed by atoms with Gasteiger partial charge in [-0.05, 0) is 34.3 Å². The minimum Gasteiger partial charge on any atom is -0.457 e. The highest BCUT2D eigenvalue weighted by atomic mass is 79.9. The van der Waals surface area contributed by atoms with Crippen molar-refractivity contribution in [2.75, 3.05) is 6.61 Å². The third-order valence-corrected chi connectivity index (χ3v) is 5.74. The summed E-state index contributed by atoms with van der Waals surface area (Å²) in [5, 5.41) is 17.3. The zero-order chi connectivity index (χ0) is 17.5. The summed E-state index contributed by atoms with van der Waals surface area (Å²) in [6.45, 7) is 5.47. The highest BCUT2D eigenvalue weighted by Gasteiger charge is 2.23. The van der Waals surface area contributed by atoms with Crippen molar-refractivity contribution in [1.82, 2.24) is 10.3 Å². The molecule has 0 saturated heterocycles. The second-order valence-electron chi connectivity index (χ2n) is 4.58. The van der Waals surface area contributed by atoms with Crippen molar-refractivity contribution in [3.8, 4) is 6.07 Å². The monoisotopic (exact) mass is 423 g/mol. The molecule has 124 valence electrons. The number of esters is 1. The van der Waals surface area contributed by atoms with Crippen LogP contribution in [0.2, 0.25) is 0 Å². The first-order valence-corrected chi connectivity index (χ1v) is 9.45. The number of thiazole rings is 1. The number of thiophene rings is 1. The van der Waals surface area contributed by atoms with Gasteiger partial charge in [-0.2, -0.15) is 5.26 Å². The molecule has 0 fully saturated rings. The summed E-state index contributed by atoms with van der Waals surface area (Å²) in [5.74, 6) is -0.688. The SMILES string of the molecule is C=CCOC(=O)/C(C#N)=C(\NC(C)c1nccs1)c1sccc1Br. The first-order valence-electron chi connectivity index (χ1n) is 6.90. The van der Waals surface area contributed by atoms with Gasteiger partial charge in [0.1, 0.15) is 17.7 Å². The van der Waals surface area contributed by atoms with Gasteiger partial charge in [0.2, 0.25) is 0 Å². The number of carbonyl (C=O) groups is 1. The zero-order valence-corrected chi connectivity index (χ0v) is 16.0. The molecule has 2 aromatic rings. The van der Waals surface area contributed by atoms with Crippen molar-refractivity contribution >= 4 is 50.3 Å². The van der Waals surface area contributed by atoms with Crippen LogP contribution >= 0.6 is 38.6 Å². The number of nitrogens with one attached hydrogen (secondary N) is 1. The molecule has 0 aliphatic carbocycles. The molecule has 0 amide bonds. The number of nitriles is 1. The lowest BCUT2D eigenvalue weighted by atomic mass is 10.1.